The Morgan fingerprint density at radius 3 is 2.50 bits per heavy atom. The number of aryl methyl sites for hydroxylation is 1. The summed E-state index contributed by atoms with van der Waals surface area (Å²) in [6.07, 6.45) is 10.2. The second-order valence-corrected chi connectivity index (χ2v) is 13.2. The van der Waals surface area contributed by atoms with E-state index < -0.39 is 0 Å². The van der Waals surface area contributed by atoms with Crippen LogP contribution in [0.1, 0.15) is 25.3 Å². The number of likely N-dealkylation sites (N-methyl/N-ethyl adjacent to an activating group) is 1. The highest BCUT2D eigenvalue weighted by atomic mass is 32.2. The molecule has 13 nitrogen and oxygen atoms in total. The van der Waals surface area contributed by atoms with Gasteiger partial charge in [-0.25, -0.2) is 4.98 Å². The van der Waals surface area contributed by atoms with Crippen LogP contribution in [-0.4, -0.2) is 107 Å². The standard InChI is InChI=1S/C34H43N11O2S/c1-6-22-21-27(33(46-4)41-32(22)45-14-9-23(10-15-45)44-18-16-42(2)17-19-44)39-34-38-26-11-20-47-30(26)31(40-34)37-25-8-7-24-28(36-13-12-35-24)29(25)43(3)48-5/h7-8,11-13,20-21,23H,6,9-10,14-19H2,1-5H3,(H2,37,38,39,40). The van der Waals surface area contributed by atoms with Gasteiger partial charge in [0.15, 0.2) is 11.4 Å². The van der Waals surface area contributed by atoms with Crippen LogP contribution in [0.4, 0.5) is 34.6 Å². The Morgan fingerprint density at radius 1 is 0.958 bits per heavy atom. The van der Waals surface area contributed by atoms with Crippen molar-refractivity contribution in [2.45, 2.75) is 32.2 Å². The Labute approximate surface area is 285 Å². The molecule has 0 bridgehead atoms. The van der Waals surface area contributed by atoms with Crippen molar-refractivity contribution in [1.29, 1.82) is 0 Å². The van der Waals surface area contributed by atoms with E-state index in [2.05, 4.69) is 59.6 Å². The van der Waals surface area contributed by atoms with Gasteiger partial charge in [-0.05, 0) is 50.1 Å². The SMILES string of the molecule is CCc1cc(Nc2nc(Nc3ccc4nccnc4c3N(C)SC)c3occc3n2)c(OC)nc1N1CCC(N2CCN(C)CC2)CC1. The van der Waals surface area contributed by atoms with Crippen molar-refractivity contribution in [1.82, 2.24) is 34.7 Å². The minimum Gasteiger partial charge on any atom is -0.479 e. The number of methoxy groups -OCH3 is 1. The summed E-state index contributed by atoms with van der Waals surface area (Å²) in [6.45, 7) is 8.75. The van der Waals surface area contributed by atoms with Gasteiger partial charge in [-0.2, -0.15) is 9.97 Å². The lowest BCUT2D eigenvalue weighted by molar-refractivity contribution is 0.0981. The molecule has 48 heavy (non-hydrogen) atoms. The Morgan fingerprint density at radius 2 is 1.75 bits per heavy atom. The van der Waals surface area contributed by atoms with E-state index in [-0.39, 0.29) is 0 Å². The summed E-state index contributed by atoms with van der Waals surface area (Å²) < 4.78 is 13.7. The fourth-order valence-electron chi connectivity index (χ4n) is 6.72. The number of pyridine rings is 1. The van der Waals surface area contributed by atoms with E-state index >= 15 is 0 Å². The predicted octanol–water partition coefficient (Wildman–Crippen LogP) is 5.55. The number of furan rings is 1. The third-order valence-electron chi connectivity index (χ3n) is 9.44. The first-order valence-corrected chi connectivity index (χ1v) is 17.7. The van der Waals surface area contributed by atoms with Crippen molar-refractivity contribution in [3.8, 4) is 5.88 Å². The molecule has 2 saturated heterocycles. The number of benzene rings is 1. The van der Waals surface area contributed by atoms with Crippen molar-refractivity contribution < 1.29 is 9.15 Å². The maximum atomic E-state index is 5.85. The van der Waals surface area contributed by atoms with Gasteiger partial charge in [-0.3, -0.25) is 14.9 Å². The van der Waals surface area contributed by atoms with Gasteiger partial charge >= 0.3 is 0 Å². The van der Waals surface area contributed by atoms with Crippen LogP contribution >= 0.6 is 11.9 Å². The van der Waals surface area contributed by atoms with Crippen molar-refractivity contribution >= 4 is 68.7 Å². The predicted molar refractivity (Wildman–Crippen MR) is 194 cm³/mol. The van der Waals surface area contributed by atoms with E-state index in [0.29, 0.717) is 40.5 Å². The molecule has 4 aromatic heterocycles. The second-order valence-electron chi connectivity index (χ2n) is 12.3. The maximum Gasteiger partial charge on any atom is 0.239 e. The number of nitrogens with one attached hydrogen (secondary N) is 2. The molecule has 0 spiro atoms. The van der Waals surface area contributed by atoms with Crippen molar-refractivity contribution in [3.05, 3.63) is 48.5 Å². The summed E-state index contributed by atoms with van der Waals surface area (Å²) in [5, 5.41) is 6.91. The molecular formula is C34H43N11O2S. The van der Waals surface area contributed by atoms with Gasteiger partial charge in [0.1, 0.15) is 22.5 Å². The molecule has 0 atom stereocenters. The average Bonchev–Trinajstić information content (AvgIpc) is 3.60. The summed E-state index contributed by atoms with van der Waals surface area (Å²) in [6, 6.07) is 8.52. The number of aromatic nitrogens is 5. The van der Waals surface area contributed by atoms with Crippen molar-refractivity contribution in [2.24, 2.45) is 0 Å². The number of fused-ring (bicyclic) bond motifs is 2. The Kier molecular flexibility index (Phi) is 9.37. The van der Waals surface area contributed by atoms with Crippen LogP contribution in [-0.2, 0) is 6.42 Å². The zero-order chi connectivity index (χ0) is 33.2. The van der Waals surface area contributed by atoms with E-state index in [1.807, 2.05) is 31.5 Å². The van der Waals surface area contributed by atoms with Crippen LogP contribution < -0.4 is 24.6 Å². The highest BCUT2D eigenvalue weighted by Gasteiger charge is 2.29. The summed E-state index contributed by atoms with van der Waals surface area (Å²) in [5.41, 5.74) is 6.38. The molecular weight excluding hydrogens is 627 g/mol. The van der Waals surface area contributed by atoms with Crippen LogP contribution in [0.15, 0.2) is 47.3 Å². The zero-order valence-corrected chi connectivity index (χ0v) is 29.0. The van der Waals surface area contributed by atoms with Gasteiger partial charge in [0, 0.05) is 77.1 Å². The molecule has 7 rings (SSSR count). The number of ether oxygens (including phenoxy) is 1. The fourth-order valence-corrected chi connectivity index (χ4v) is 7.09. The first-order valence-electron chi connectivity index (χ1n) is 16.5. The molecule has 0 aliphatic carbocycles. The number of piperazine rings is 1. The number of nitrogens with zero attached hydrogens (tertiary/aromatic N) is 9. The minimum atomic E-state index is 0.398. The lowest BCUT2D eigenvalue weighted by atomic mass is 10.0. The lowest BCUT2D eigenvalue weighted by Crippen LogP contribution is -2.52. The Hall–Kier alpha value is -4.40. The fraction of sp³-hybridized carbons (Fsp3) is 0.441. The molecule has 5 aromatic rings. The molecule has 2 aliphatic heterocycles. The monoisotopic (exact) mass is 669 g/mol. The Balaban J connectivity index is 1.16. The zero-order valence-electron chi connectivity index (χ0n) is 28.2. The molecule has 252 valence electrons. The van der Waals surface area contributed by atoms with Gasteiger partial charge in [-0.1, -0.05) is 18.9 Å². The molecule has 14 heteroatoms. The quantitative estimate of drug-likeness (QED) is 0.181. The van der Waals surface area contributed by atoms with Crippen LogP contribution in [0.3, 0.4) is 0 Å². The smallest absolute Gasteiger partial charge is 0.239 e. The topological polar surface area (TPSA) is 124 Å². The number of hydrogen-bond acceptors (Lipinski definition) is 14. The minimum absolute atomic E-state index is 0.398. The van der Waals surface area contributed by atoms with E-state index in [0.717, 1.165) is 92.3 Å². The van der Waals surface area contributed by atoms with Crippen LogP contribution in [0.25, 0.3) is 22.1 Å². The third-order valence-corrected chi connectivity index (χ3v) is 10.2. The molecule has 0 saturated carbocycles. The normalized spacial score (nSPS) is 16.5. The number of rotatable bonds is 10. The molecule has 2 fully saturated rings. The highest BCUT2D eigenvalue weighted by molar-refractivity contribution is 7.99. The summed E-state index contributed by atoms with van der Waals surface area (Å²) in [7, 11) is 5.87. The molecule has 0 radical (unpaired) electrons. The van der Waals surface area contributed by atoms with Gasteiger partial charge in [0.2, 0.25) is 11.8 Å². The number of anilines is 6. The van der Waals surface area contributed by atoms with Gasteiger partial charge in [0.05, 0.1) is 30.3 Å². The van der Waals surface area contributed by atoms with E-state index in [9.17, 15) is 0 Å². The third kappa shape index (κ3) is 6.39. The van der Waals surface area contributed by atoms with Crippen LogP contribution in [0.5, 0.6) is 5.88 Å². The molecule has 0 amide bonds. The number of hydrogen-bond donors (Lipinski definition) is 2. The van der Waals surface area contributed by atoms with Crippen LogP contribution in [0.2, 0.25) is 0 Å². The second kappa shape index (κ2) is 14.0. The summed E-state index contributed by atoms with van der Waals surface area (Å²) in [4.78, 5) is 31.3. The molecule has 1 aromatic carbocycles. The average molecular weight is 670 g/mol. The summed E-state index contributed by atoms with van der Waals surface area (Å²) in [5.74, 6) is 2.42. The van der Waals surface area contributed by atoms with E-state index in [1.54, 1.807) is 37.7 Å². The first kappa shape index (κ1) is 32.2. The molecule has 0 unspecified atom stereocenters. The van der Waals surface area contributed by atoms with E-state index in [1.165, 1.54) is 0 Å². The van der Waals surface area contributed by atoms with Gasteiger partial charge < -0.3 is 33.9 Å². The lowest BCUT2D eigenvalue weighted by Gasteiger charge is -2.42. The molecule has 6 heterocycles. The molecule has 2 N–H and O–H groups in total. The van der Waals surface area contributed by atoms with Crippen LogP contribution in [0, 0.1) is 0 Å². The largest absolute Gasteiger partial charge is 0.479 e. The highest BCUT2D eigenvalue weighted by Crippen LogP contribution is 2.39. The van der Waals surface area contributed by atoms with Gasteiger partial charge in [0.25, 0.3) is 0 Å². The summed E-state index contributed by atoms with van der Waals surface area (Å²) >= 11 is 1.58. The maximum absolute atomic E-state index is 5.85. The van der Waals surface area contributed by atoms with Gasteiger partial charge in [-0.15, -0.1) is 0 Å². The van der Waals surface area contributed by atoms with E-state index in [4.69, 9.17) is 24.1 Å². The van der Waals surface area contributed by atoms with Crippen molar-refractivity contribution in [3.63, 3.8) is 0 Å². The Bertz CT molecular complexity index is 1890. The van der Waals surface area contributed by atoms with Crippen molar-refractivity contribution in [2.75, 3.05) is 86.6 Å². The number of piperidine rings is 1. The first-order chi connectivity index (χ1) is 23.4. The molecule has 2 aliphatic rings.